The molecule has 188 valence electrons. The Balaban J connectivity index is 0.000000641. The highest BCUT2D eigenvalue weighted by molar-refractivity contribution is 6.30. The second-order valence-electron chi connectivity index (χ2n) is 8.00. The second kappa shape index (κ2) is 14.3. The van der Waals surface area contributed by atoms with Crippen LogP contribution in [0.2, 0.25) is 5.02 Å². The normalized spacial score (nSPS) is 15.8. The maximum atomic E-state index is 11.5. The van der Waals surface area contributed by atoms with Crippen molar-refractivity contribution in [2.75, 3.05) is 13.2 Å². The van der Waals surface area contributed by atoms with E-state index in [0.717, 1.165) is 36.8 Å². The summed E-state index contributed by atoms with van der Waals surface area (Å²) in [6.45, 7) is 2.66. The molecule has 35 heavy (non-hydrogen) atoms. The Hall–Kier alpha value is -3.20. The number of nitrogens with one attached hydrogen (secondary N) is 1. The predicted molar refractivity (Wildman–Crippen MR) is 132 cm³/mol. The van der Waals surface area contributed by atoms with Crippen molar-refractivity contribution in [1.29, 1.82) is 0 Å². The number of esters is 1. The highest BCUT2D eigenvalue weighted by Gasteiger charge is 2.18. The molecule has 8 nitrogen and oxygen atoms in total. The van der Waals surface area contributed by atoms with Gasteiger partial charge >= 0.3 is 17.9 Å². The summed E-state index contributed by atoms with van der Waals surface area (Å²) in [5, 5.41) is 29.4. The molecule has 0 aromatic heterocycles. The monoisotopic (exact) mass is 503 g/mol. The second-order valence-corrected chi connectivity index (χ2v) is 8.43. The molecule has 2 atom stereocenters. The molecular weight excluding hydrogens is 474 g/mol. The number of rotatable bonds is 7. The van der Waals surface area contributed by atoms with Crippen molar-refractivity contribution in [3.8, 4) is 0 Å². The minimum Gasteiger partial charge on any atom is -0.473 e. The van der Waals surface area contributed by atoms with Gasteiger partial charge in [-0.3, -0.25) is 0 Å². The number of aryl methyl sites for hydroxylation is 1. The molecule has 2 aromatic carbocycles. The van der Waals surface area contributed by atoms with Gasteiger partial charge in [-0.15, -0.1) is 0 Å². The number of carbonyl (C=O) groups is 3. The third-order valence-corrected chi connectivity index (χ3v) is 5.65. The van der Waals surface area contributed by atoms with Gasteiger partial charge in [0.2, 0.25) is 0 Å². The number of aliphatic hydroxyl groups is 1. The van der Waals surface area contributed by atoms with Crippen LogP contribution in [0.4, 0.5) is 0 Å². The topological polar surface area (TPSA) is 133 Å². The quantitative estimate of drug-likeness (QED) is 0.195. The van der Waals surface area contributed by atoms with Gasteiger partial charge in [-0.05, 0) is 73.1 Å². The van der Waals surface area contributed by atoms with Crippen molar-refractivity contribution in [1.82, 2.24) is 5.32 Å². The number of carboxylic acids is 2. The smallest absolute Gasteiger partial charge is 0.414 e. The zero-order valence-electron chi connectivity index (χ0n) is 19.4. The summed E-state index contributed by atoms with van der Waals surface area (Å²) in [6.07, 6.45) is 6.80. The summed E-state index contributed by atoms with van der Waals surface area (Å²) in [4.78, 5) is 29.7. The molecule has 1 unspecified atom stereocenters. The Morgan fingerprint density at radius 1 is 1.14 bits per heavy atom. The van der Waals surface area contributed by atoms with E-state index in [0.29, 0.717) is 24.2 Å². The molecule has 0 saturated carbocycles. The highest BCUT2D eigenvalue weighted by Crippen LogP contribution is 2.24. The lowest BCUT2D eigenvalue weighted by atomic mass is 9.98. The van der Waals surface area contributed by atoms with Gasteiger partial charge in [-0.25, -0.2) is 14.4 Å². The first-order valence-electron chi connectivity index (χ1n) is 11.3. The largest absolute Gasteiger partial charge is 0.473 e. The van der Waals surface area contributed by atoms with Crippen molar-refractivity contribution in [3.05, 3.63) is 75.8 Å². The third kappa shape index (κ3) is 9.90. The summed E-state index contributed by atoms with van der Waals surface area (Å²) in [6, 6.07) is 14.0. The van der Waals surface area contributed by atoms with Crippen LogP contribution in [0.15, 0.2) is 48.5 Å². The lowest BCUT2D eigenvalue weighted by Crippen LogP contribution is -2.34. The molecule has 1 aliphatic carbocycles. The Morgan fingerprint density at radius 2 is 1.89 bits per heavy atom. The van der Waals surface area contributed by atoms with Gasteiger partial charge in [-0.1, -0.05) is 41.9 Å². The molecule has 2 aromatic rings. The average Bonchev–Trinajstić information content (AvgIpc) is 3.03. The number of carboxylic acid groups (broad SMARTS) is 2. The van der Waals surface area contributed by atoms with Crippen molar-refractivity contribution < 1.29 is 34.4 Å². The fraction of sp³-hybridized carbons (Fsp3) is 0.346. The minimum atomic E-state index is -1.82. The summed E-state index contributed by atoms with van der Waals surface area (Å²) in [7, 11) is 0. The van der Waals surface area contributed by atoms with Gasteiger partial charge in [0.1, 0.15) is 0 Å². The van der Waals surface area contributed by atoms with Crippen LogP contribution in [0.1, 0.15) is 48.1 Å². The van der Waals surface area contributed by atoms with Crippen LogP contribution in [0.3, 0.4) is 0 Å². The van der Waals surface area contributed by atoms with E-state index >= 15 is 0 Å². The van der Waals surface area contributed by atoms with Crippen molar-refractivity contribution in [2.45, 2.75) is 44.8 Å². The molecule has 3 rings (SSSR count). The van der Waals surface area contributed by atoms with Crippen LogP contribution in [0.5, 0.6) is 0 Å². The molecule has 0 radical (unpaired) electrons. The molecule has 9 heteroatoms. The van der Waals surface area contributed by atoms with Gasteiger partial charge < -0.3 is 25.4 Å². The van der Waals surface area contributed by atoms with E-state index < -0.39 is 18.0 Å². The van der Waals surface area contributed by atoms with Gasteiger partial charge in [0.15, 0.2) is 0 Å². The number of carbonyl (C=O) groups excluding carboxylic acids is 1. The zero-order valence-corrected chi connectivity index (χ0v) is 20.2. The van der Waals surface area contributed by atoms with Crippen molar-refractivity contribution in [3.63, 3.8) is 0 Å². The Kier molecular flexibility index (Phi) is 11.4. The summed E-state index contributed by atoms with van der Waals surface area (Å²) >= 11 is 6.03. The number of fused-ring (bicyclic) bond motifs is 1. The predicted octanol–water partition coefficient (Wildman–Crippen LogP) is 3.64. The number of halogens is 1. The van der Waals surface area contributed by atoms with E-state index in [4.69, 9.17) is 36.1 Å². The Labute approximate surface area is 209 Å². The van der Waals surface area contributed by atoms with Gasteiger partial charge in [0.05, 0.1) is 12.7 Å². The first-order valence-corrected chi connectivity index (χ1v) is 11.7. The number of hydrogen-bond acceptors (Lipinski definition) is 6. The number of benzene rings is 2. The summed E-state index contributed by atoms with van der Waals surface area (Å²) < 4.78 is 4.94. The molecule has 1 aliphatic rings. The molecule has 0 spiro atoms. The van der Waals surface area contributed by atoms with E-state index in [2.05, 4.69) is 17.4 Å². The number of aliphatic hydroxyl groups excluding tert-OH is 1. The molecule has 0 amide bonds. The van der Waals surface area contributed by atoms with E-state index in [9.17, 15) is 9.90 Å². The number of ether oxygens (including phenoxy) is 1. The fourth-order valence-electron chi connectivity index (χ4n) is 3.73. The van der Waals surface area contributed by atoms with Crippen LogP contribution >= 0.6 is 11.6 Å². The molecule has 0 bridgehead atoms. The standard InChI is InChI=1S/C24H28ClNO3.C2H2O4/c1-2-29-24(28)12-10-17-9-11-18-5-4-8-22(15-20(18)13-17)26-16-23(27)19-6-3-7-21(25)14-19;3-1(4)2(5)6/h3,6-7,9-14,22-23,26-27H,2,4-5,8,15-16H2,1H3;(H,3,4)(H,5,6)/b12-10+;/t22?,23-;/m0./s1. The van der Waals surface area contributed by atoms with Crippen LogP contribution < -0.4 is 5.32 Å². The Bertz CT molecular complexity index is 1040. The average molecular weight is 504 g/mol. The molecule has 4 N–H and O–H groups in total. The van der Waals surface area contributed by atoms with Crippen LogP contribution in [-0.2, 0) is 32.0 Å². The molecule has 0 saturated heterocycles. The summed E-state index contributed by atoms with van der Waals surface area (Å²) in [5.74, 6) is -3.97. The number of hydrogen-bond donors (Lipinski definition) is 4. The highest BCUT2D eigenvalue weighted by atomic mass is 35.5. The first kappa shape index (κ1) is 28.0. The van der Waals surface area contributed by atoms with E-state index in [1.807, 2.05) is 18.2 Å². The lowest BCUT2D eigenvalue weighted by molar-refractivity contribution is -0.159. The molecule has 0 heterocycles. The summed E-state index contributed by atoms with van der Waals surface area (Å²) in [5.41, 5.74) is 4.48. The maximum absolute atomic E-state index is 11.5. The van der Waals surface area contributed by atoms with Gasteiger partial charge in [-0.2, -0.15) is 0 Å². The van der Waals surface area contributed by atoms with E-state index in [1.165, 1.54) is 17.2 Å². The Morgan fingerprint density at radius 3 is 2.54 bits per heavy atom. The van der Waals surface area contributed by atoms with Crippen LogP contribution in [0.25, 0.3) is 6.08 Å². The molecular formula is C26H30ClNO7. The van der Waals surface area contributed by atoms with Gasteiger partial charge in [0, 0.05) is 23.7 Å². The number of aliphatic carboxylic acids is 2. The first-order chi connectivity index (χ1) is 16.7. The fourth-order valence-corrected chi connectivity index (χ4v) is 3.93. The maximum Gasteiger partial charge on any atom is 0.414 e. The molecule has 0 fully saturated rings. The van der Waals surface area contributed by atoms with Crippen molar-refractivity contribution >= 4 is 35.6 Å². The van der Waals surface area contributed by atoms with E-state index in [-0.39, 0.29) is 5.97 Å². The zero-order chi connectivity index (χ0) is 25.8. The lowest BCUT2D eigenvalue weighted by Gasteiger charge is -2.20. The SMILES string of the molecule is CCOC(=O)/C=C/c1ccc2c(c1)CC(NC[C@H](O)c1cccc(Cl)c1)CCC2.O=C(O)C(=O)O. The minimum absolute atomic E-state index is 0.300. The molecule has 0 aliphatic heterocycles. The van der Waals surface area contributed by atoms with E-state index in [1.54, 1.807) is 25.1 Å². The van der Waals surface area contributed by atoms with Crippen molar-refractivity contribution in [2.24, 2.45) is 0 Å². The third-order valence-electron chi connectivity index (χ3n) is 5.41. The van der Waals surface area contributed by atoms with Crippen LogP contribution in [-0.4, -0.2) is 52.4 Å². The van der Waals surface area contributed by atoms with Crippen LogP contribution in [0, 0.1) is 0 Å². The van der Waals surface area contributed by atoms with Gasteiger partial charge in [0.25, 0.3) is 0 Å².